The summed E-state index contributed by atoms with van der Waals surface area (Å²) < 4.78 is 18.9. The Hall–Kier alpha value is -1.43. The Labute approximate surface area is 128 Å². The van der Waals surface area contributed by atoms with Crippen LogP contribution >= 0.6 is 11.8 Å². The molecule has 1 aromatic carbocycles. The van der Waals surface area contributed by atoms with Gasteiger partial charge < -0.3 is 15.4 Å². The molecule has 1 aromatic rings. The third-order valence-electron chi connectivity index (χ3n) is 3.27. The van der Waals surface area contributed by atoms with Crippen molar-refractivity contribution < 1.29 is 13.9 Å². The minimum Gasteiger partial charge on any atom is -0.486 e. The quantitative estimate of drug-likeness (QED) is 0.879. The fourth-order valence-corrected chi connectivity index (χ4v) is 3.22. The molecule has 0 radical (unpaired) electrons. The molecule has 21 heavy (non-hydrogen) atoms. The summed E-state index contributed by atoms with van der Waals surface area (Å²) in [6.45, 7) is 2.13. The van der Waals surface area contributed by atoms with Gasteiger partial charge in [0.25, 0.3) is 0 Å². The number of benzene rings is 1. The molecule has 4 nitrogen and oxygen atoms in total. The summed E-state index contributed by atoms with van der Waals surface area (Å²) in [6, 6.07) is 6.33. The van der Waals surface area contributed by atoms with Crippen molar-refractivity contribution in [3.63, 3.8) is 0 Å². The van der Waals surface area contributed by atoms with E-state index in [4.69, 9.17) is 4.74 Å². The van der Waals surface area contributed by atoms with Crippen LogP contribution in [0.5, 0.6) is 5.75 Å². The maximum absolute atomic E-state index is 13.4. The predicted octanol–water partition coefficient (Wildman–Crippen LogP) is 2.79. The molecule has 0 bridgehead atoms. The second kappa shape index (κ2) is 8.12. The molecule has 1 aliphatic rings. The van der Waals surface area contributed by atoms with E-state index in [1.54, 1.807) is 25.1 Å². The number of thioether (sulfide) groups is 1. The van der Waals surface area contributed by atoms with Crippen LogP contribution in [0.3, 0.4) is 0 Å². The third kappa shape index (κ3) is 5.46. The Kier molecular flexibility index (Phi) is 6.17. The van der Waals surface area contributed by atoms with E-state index in [2.05, 4.69) is 10.6 Å². The monoisotopic (exact) mass is 312 g/mol. The van der Waals surface area contributed by atoms with Gasteiger partial charge in [-0.1, -0.05) is 12.1 Å². The van der Waals surface area contributed by atoms with Crippen molar-refractivity contribution in [3.05, 3.63) is 30.1 Å². The average molecular weight is 312 g/mol. The van der Waals surface area contributed by atoms with E-state index >= 15 is 0 Å². The lowest BCUT2D eigenvalue weighted by Gasteiger charge is -2.23. The summed E-state index contributed by atoms with van der Waals surface area (Å²) in [5.41, 5.74) is 0. The molecule has 2 rings (SSSR count). The van der Waals surface area contributed by atoms with E-state index in [1.807, 2.05) is 11.8 Å². The van der Waals surface area contributed by atoms with Gasteiger partial charge in [-0.15, -0.1) is 0 Å². The number of ether oxygens (including phenoxy) is 1. The van der Waals surface area contributed by atoms with Crippen molar-refractivity contribution >= 4 is 17.8 Å². The molecular weight excluding hydrogens is 291 g/mol. The van der Waals surface area contributed by atoms with Gasteiger partial charge in [0.1, 0.15) is 6.10 Å². The van der Waals surface area contributed by atoms with Gasteiger partial charge >= 0.3 is 6.03 Å². The van der Waals surface area contributed by atoms with Crippen molar-refractivity contribution in [3.8, 4) is 5.75 Å². The lowest BCUT2D eigenvalue weighted by atomic mass is 10.2. The van der Waals surface area contributed by atoms with Crippen molar-refractivity contribution in [1.82, 2.24) is 10.6 Å². The van der Waals surface area contributed by atoms with Crippen molar-refractivity contribution in [2.75, 3.05) is 18.1 Å². The zero-order valence-electron chi connectivity index (χ0n) is 12.1. The molecule has 1 heterocycles. The molecule has 2 amide bonds. The molecule has 1 unspecified atom stereocenters. The number of carbonyl (C=O) groups excluding carboxylic acids is 1. The summed E-state index contributed by atoms with van der Waals surface area (Å²) in [5, 5.41) is 5.72. The van der Waals surface area contributed by atoms with Crippen molar-refractivity contribution in [2.45, 2.75) is 31.9 Å². The van der Waals surface area contributed by atoms with Crippen LogP contribution in [0.4, 0.5) is 9.18 Å². The van der Waals surface area contributed by atoms with Crippen LogP contribution in [0.25, 0.3) is 0 Å². The normalized spacial score (nSPS) is 17.0. The molecule has 2 N–H and O–H groups in total. The maximum atomic E-state index is 13.4. The molecule has 1 atom stereocenters. The Balaban J connectivity index is 1.69. The number of amides is 2. The lowest BCUT2D eigenvalue weighted by molar-refractivity contribution is 0.200. The first-order valence-electron chi connectivity index (χ1n) is 7.18. The largest absolute Gasteiger partial charge is 0.486 e. The van der Waals surface area contributed by atoms with E-state index in [-0.39, 0.29) is 23.9 Å². The minimum absolute atomic E-state index is 0.184. The standard InChI is InChI=1S/C15H21FN2O2S/c1-11(20-14-5-3-2-4-13(14)16)10-17-15(19)18-12-6-8-21-9-7-12/h2-5,11-12H,6-10H2,1H3,(H2,17,18,19). The predicted molar refractivity (Wildman–Crippen MR) is 83.4 cm³/mol. The van der Waals surface area contributed by atoms with Gasteiger partial charge in [-0.25, -0.2) is 9.18 Å². The van der Waals surface area contributed by atoms with Gasteiger partial charge in [0.05, 0.1) is 6.54 Å². The van der Waals surface area contributed by atoms with Gasteiger partial charge in [-0.3, -0.25) is 0 Å². The highest BCUT2D eigenvalue weighted by atomic mass is 32.2. The average Bonchev–Trinajstić information content (AvgIpc) is 2.49. The number of rotatable bonds is 5. The van der Waals surface area contributed by atoms with Gasteiger partial charge in [0, 0.05) is 6.04 Å². The Morgan fingerprint density at radius 2 is 2.14 bits per heavy atom. The number of hydrogen-bond donors (Lipinski definition) is 2. The molecule has 1 fully saturated rings. The van der Waals surface area contributed by atoms with E-state index in [0.29, 0.717) is 6.54 Å². The minimum atomic E-state index is -0.395. The van der Waals surface area contributed by atoms with Gasteiger partial charge in [0.15, 0.2) is 11.6 Å². The van der Waals surface area contributed by atoms with Crippen LogP contribution in [0, 0.1) is 5.82 Å². The summed E-state index contributed by atoms with van der Waals surface area (Å²) in [7, 11) is 0. The van der Waals surface area contributed by atoms with Crippen molar-refractivity contribution in [1.29, 1.82) is 0 Å². The molecule has 0 spiro atoms. The second-order valence-electron chi connectivity index (χ2n) is 5.10. The smallest absolute Gasteiger partial charge is 0.315 e. The highest BCUT2D eigenvalue weighted by Gasteiger charge is 2.16. The van der Waals surface area contributed by atoms with Crippen LogP contribution in [0.2, 0.25) is 0 Å². The summed E-state index contributed by atoms with van der Waals surface area (Å²) >= 11 is 1.92. The van der Waals surface area contributed by atoms with Gasteiger partial charge in [-0.2, -0.15) is 11.8 Å². The highest BCUT2D eigenvalue weighted by Crippen LogP contribution is 2.17. The number of halogens is 1. The third-order valence-corrected chi connectivity index (χ3v) is 4.32. The number of para-hydroxylation sites is 1. The summed E-state index contributed by atoms with van der Waals surface area (Å²) in [5.74, 6) is 2.00. The number of hydrogen-bond acceptors (Lipinski definition) is 3. The zero-order chi connectivity index (χ0) is 15.1. The Morgan fingerprint density at radius 1 is 1.43 bits per heavy atom. The van der Waals surface area contributed by atoms with Crippen LogP contribution in [0.15, 0.2) is 24.3 Å². The topological polar surface area (TPSA) is 50.4 Å². The molecule has 1 saturated heterocycles. The van der Waals surface area contributed by atoms with E-state index < -0.39 is 5.82 Å². The molecule has 0 saturated carbocycles. The van der Waals surface area contributed by atoms with E-state index in [0.717, 1.165) is 24.3 Å². The van der Waals surface area contributed by atoms with Crippen LogP contribution in [-0.4, -0.2) is 36.2 Å². The number of urea groups is 1. The lowest BCUT2D eigenvalue weighted by Crippen LogP contribution is -2.46. The molecule has 0 aliphatic carbocycles. The molecular formula is C15H21FN2O2S. The van der Waals surface area contributed by atoms with E-state index in [1.165, 1.54) is 6.07 Å². The molecule has 116 valence electrons. The van der Waals surface area contributed by atoms with E-state index in [9.17, 15) is 9.18 Å². The molecule has 6 heteroatoms. The maximum Gasteiger partial charge on any atom is 0.315 e. The fourth-order valence-electron chi connectivity index (χ4n) is 2.11. The second-order valence-corrected chi connectivity index (χ2v) is 6.32. The first-order valence-corrected chi connectivity index (χ1v) is 8.34. The summed E-state index contributed by atoms with van der Waals surface area (Å²) in [6.07, 6.45) is 1.73. The van der Waals surface area contributed by atoms with Crippen LogP contribution < -0.4 is 15.4 Å². The number of carbonyl (C=O) groups is 1. The highest BCUT2D eigenvalue weighted by molar-refractivity contribution is 7.99. The number of nitrogens with one attached hydrogen (secondary N) is 2. The zero-order valence-corrected chi connectivity index (χ0v) is 12.9. The first kappa shape index (κ1) is 15.9. The Morgan fingerprint density at radius 3 is 2.86 bits per heavy atom. The fraction of sp³-hybridized carbons (Fsp3) is 0.533. The van der Waals surface area contributed by atoms with Gasteiger partial charge in [-0.05, 0) is 43.4 Å². The molecule has 0 aromatic heterocycles. The molecule has 1 aliphatic heterocycles. The summed E-state index contributed by atoms with van der Waals surface area (Å²) in [4.78, 5) is 11.8. The Bertz CT molecular complexity index is 467. The van der Waals surface area contributed by atoms with Crippen molar-refractivity contribution in [2.24, 2.45) is 0 Å². The van der Waals surface area contributed by atoms with Crippen LogP contribution in [-0.2, 0) is 0 Å². The van der Waals surface area contributed by atoms with Gasteiger partial charge in [0.2, 0.25) is 0 Å². The first-order chi connectivity index (χ1) is 10.1. The van der Waals surface area contributed by atoms with Crippen LogP contribution in [0.1, 0.15) is 19.8 Å². The SMILES string of the molecule is CC(CNC(=O)NC1CCSCC1)Oc1ccccc1F.